The number of hydrogen-bond donors (Lipinski definition) is 0. The molecule has 0 aliphatic carbocycles. The number of hydrogen-bond acceptors (Lipinski definition) is 4. The molecule has 3 rings (SSSR count). The standard InChI is InChI=1S/C20H17Cl2N3O2/c1-13(26)16-4-2-14(12-23)10-19(16)24-6-8-25(9-7-24)20(27)17-5-3-15(21)11-18(17)22/h2-5,10-11H,6-9H2,1H3. The number of benzene rings is 2. The summed E-state index contributed by atoms with van der Waals surface area (Å²) in [6.07, 6.45) is 0. The normalized spacial score (nSPS) is 14.0. The fraction of sp³-hybridized carbons (Fsp3) is 0.250. The zero-order valence-corrected chi connectivity index (χ0v) is 16.2. The highest BCUT2D eigenvalue weighted by atomic mass is 35.5. The van der Waals surface area contributed by atoms with Gasteiger partial charge in [-0.3, -0.25) is 9.59 Å². The van der Waals surface area contributed by atoms with Gasteiger partial charge in [-0.2, -0.15) is 5.26 Å². The van der Waals surface area contributed by atoms with Gasteiger partial charge in [0, 0.05) is 42.5 Å². The van der Waals surface area contributed by atoms with Crippen molar-refractivity contribution in [2.45, 2.75) is 6.92 Å². The topological polar surface area (TPSA) is 64.4 Å². The van der Waals surface area contributed by atoms with Crippen molar-refractivity contribution in [2.75, 3.05) is 31.1 Å². The number of halogens is 2. The molecule has 1 heterocycles. The fourth-order valence-electron chi connectivity index (χ4n) is 3.14. The van der Waals surface area contributed by atoms with Gasteiger partial charge in [-0.15, -0.1) is 0 Å². The summed E-state index contributed by atoms with van der Waals surface area (Å²) in [5.41, 5.74) is 2.24. The molecular weight excluding hydrogens is 385 g/mol. The molecule has 1 saturated heterocycles. The summed E-state index contributed by atoms with van der Waals surface area (Å²) in [6.45, 7) is 3.61. The van der Waals surface area contributed by atoms with E-state index in [1.165, 1.54) is 6.92 Å². The third-order valence-corrected chi connectivity index (χ3v) is 5.12. The second kappa shape index (κ2) is 7.99. The van der Waals surface area contributed by atoms with Crippen molar-refractivity contribution in [3.8, 4) is 6.07 Å². The number of nitrogens with zero attached hydrogens (tertiary/aromatic N) is 3. The molecule has 2 aromatic rings. The van der Waals surface area contributed by atoms with Crippen LogP contribution in [-0.2, 0) is 0 Å². The Balaban J connectivity index is 1.77. The molecule has 27 heavy (non-hydrogen) atoms. The fourth-order valence-corrected chi connectivity index (χ4v) is 3.63. The Morgan fingerprint density at radius 1 is 1.00 bits per heavy atom. The number of nitriles is 1. The van der Waals surface area contributed by atoms with Crippen LogP contribution in [0.15, 0.2) is 36.4 Å². The van der Waals surface area contributed by atoms with E-state index in [9.17, 15) is 9.59 Å². The van der Waals surface area contributed by atoms with E-state index in [0.717, 1.165) is 5.69 Å². The van der Waals surface area contributed by atoms with E-state index in [2.05, 4.69) is 6.07 Å². The summed E-state index contributed by atoms with van der Waals surface area (Å²) in [7, 11) is 0. The van der Waals surface area contributed by atoms with E-state index >= 15 is 0 Å². The highest BCUT2D eigenvalue weighted by Crippen LogP contribution is 2.26. The molecule has 138 valence electrons. The number of rotatable bonds is 3. The molecule has 0 radical (unpaired) electrons. The number of anilines is 1. The minimum atomic E-state index is -0.145. The van der Waals surface area contributed by atoms with Gasteiger partial charge in [0.05, 0.1) is 22.2 Å². The minimum absolute atomic E-state index is 0.0547. The lowest BCUT2D eigenvalue weighted by Gasteiger charge is -2.37. The van der Waals surface area contributed by atoms with Gasteiger partial charge in [0.1, 0.15) is 0 Å². The Morgan fingerprint density at radius 3 is 2.26 bits per heavy atom. The summed E-state index contributed by atoms with van der Waals surface area (Å²) < 4.78 is 0. The van der Waals surface area contributed by atoms with Gasteiger partial charge in [-0.25, -0.2) is 0 Å². The van der Waals surface area contributed by atoms with Crippen molar-refractivity contribution in [3.63, 3.8) is 0 Å². The first kappa shape index (κ1) is 19.2. The van der Waals surface area contributed by atoms with Crippen LogP contribution in [-0.4, -0.2) is 42.8 Å². The van der Waals surface area contributed by atoms with Crippen LogP contribution >= 0.6 is 23.2 Å². The van der Waals surface area contributed by atoms with Crippen molar-refractivity contribution in [1.29, 1.82) is 5.26 Å². The Bertz CT molecular complexity index is 945. The maximum absolute atomic E-state index is 12.7. The second-order valence-electron chi connectivity index (χ2n) is 6.30. The van der Waals surface area contributed by atoms with Crippen molar-refractivity contribution in [2.24, 2.45) is 0 Å². The zero-order valence-electron chi connectivity index (χ0n) is 14.7. The Kier molecular flexibility index (Phi) is 5.69. The van der Waals surface area contributed by atoms with Gasteiger partial charge in [-0.1, -0.05) is 23.2 Å². The summed E-state index contributed by atoms with van der Waals surface area (Å²) in [5.74, 6) is -0.199. The monoisotopic (exact) mass is 401 g/mol. The number of carbonyl (C=O) groups is 2. The molecule has 0 atom stereocenters. The van der Waals surface area contributed by atoms with Gasteiger partial charge in [0.15, 0.2) is 5.78 Å². The molecule has 5 nitrogen and oxygen atoms in total. The maximum atomic E-state index is 12.7. The third kappa shape index (κ3) is 4.08. The minimum Gasteiger partial charge on any atom is -0.367 e. The summed E-state index contributed by atoms with van der Waals surface area (Å²) >= 11 is 12.0. The lowest BCUT2D eigenvalue weighted by Crippen LogP contribution is -2.49. The van der Waals surface area contributed by atoms with Crippen LogP contribution in [0, 0.1) is 11.3 Å². The van der Waals surface area contributed by atoms with Crippen LogP contribution in [0.4, 0.5) is 5.69 Å². The lowest BCUT2D eigenvalue weighted by atomic mass is 10.0. The molecule has 1 aliphatic heterocycles. The van der Waals surface area contributed by atoms with Gasteiger partial charge in [-0.05, 0) is 43.3 Å². The summed E-state index contributed by atoms with van der Waals surface area (Å²) in [6, 6.07) is 12.0. The van der Waals surface area contributed by atoms with Crippen LogP contribution in [0.3, 0.4) is 0 Å². The van der Waals surface area contributed by atoms with E-state index < -0.39 is 0 Å². The molecule has 0 saturated carbocycles. The first-order valence-corrected chi connectivity index (χ1v) is 9.20. The SMILES string of the molecule is CC(=O)c1ccc(C#N)cc1N1CCN(C(=O)c2ccc(Cl)cc2Cl)CC1. The first-order valence-electron chi connectivity index (χ1n) is 8.45. The number of amides is 1. The highest BCUT2D eigenvalue weighted by molar-refractivity contribution is 6.36. The summed E-state index contributed by atoms with van der Waals surface area (Å²) in [5, 5.41) is 9.96. The smallest absolute Gasteiger partial charge is 0.255 e. The predicted octanol–water partition coefficient (Wildman–Crippen LogP) is 4.03. The zero-order chi connectivity index (χ0) is 19.6. The van der Waals surface area contributed by atoms with E-state index in [-0.39, 0.29) is 11.7 Å². The first-order chi connectivity index (χ1) is 12.9. The Hall–Kier alpha value is -2.55. The summed E-state index contributed by atoms with van der Waals surface area (Å²) in [4.78, 5) is 28.4. The van der Waals surface area contributed by atoms with Gasteiger partial charge >= 0.3 is 0 Å². The lowest BCUT2D eigenvalue weighted by molar-refractivity contribution is 0.0746. The predicted molar refractivity (Wildman–Crippen MR) is 106 cm³/mol. The van der Waals surface area contributed by atoms with Crippen molar-refractivity contribution in [1.82, 2.24) is 4.90 Å². The third-order valence-electron chi connectivity index (χ3n) is 4.58. The maximum Gasteiger partial charge on any atom is 0.255 e. The average molecular weight is 402 g/mol. The second-order valence-corrected chi connectivity index (χ2v) is 7.15. The molecule has 2 aromatic carbocycles. The molecule has 1 aliphatic rings. The van der Waals surface area contributed by atoms with E-state index in [1.807, 2.05) is 4.90 Å². The highest BCUT2D eigenvalue weighted by Gasteiger charge is 2.25. The van der Waals surface area contributed by atoms with E-state index in [1.54, 1.807) is 41.3 Å². The molecule has 0 aromatic heterocycles. The van der Waals surface area contributed by atoms with Gasteiger partial charge < -0.3 is 9.80 Å². The Morgan fingerprint density at radius 2 is 1.67 bits per heavy atom. The molecule has 0 N–H and O–H groups in total. The van der Waals surface area contributed by atoms with Crippen molar-refractivity contribution >= 4 is 40.6 Å². The quantitative estimate of drug-likeness (QED) is 0.728. The molecule has 1 fully saturated rings. The van der Waals surface area contributed by atoms with Gasteiger partial charge in [0.25, 0.3) is 5.91 Å². The van der Waals surface area contributed by atoms with Crippen LogP contribution in [0.5, 0.6) is 0 Å². The van der Waals surface area contributed by atoms with Crippen LogP contribution in [0.2, 0.25) is 10.0 Å². The average Bonchev–Trinajstić information content (AvgIpc) is 2.67. The van der Waals surface area contributed by atoms with Crippen LogP contribution < -0.4 is 4.90 Å². The van der Waals surface area contributed by atoms with E-state index in [0.29, 0.717) is 52.9 Å². The number of ketones is 1. The van der Waals surface area contributed by atoms with Crippen LogP contribution in [0.1, 0.15) is 33.2 Å². The number of Topliss-reactive ketones (excluding diaryl/α,β-unsaturated/α-hetero) is 1. The largest absolute Gasteiger partial charge is 0.367 e. The molecule has 1 amide bonds. The van der Waals surface area contributed by atoms with E-state index in [4.69, 9.17) is 28.5 Å². The molecular formula is C20H17Cl2N3O2. The Labute approximate surface area is 167 Å². The van der Waals surface area contributed by atoms with Gasteiger partial charge in [0.2, 0.25) is 0 Å². The van der Waals surface area contributed by atoms with Crippen molar-refractivity contribution in [3.05, 3.63) is 63.1 Å². The molecule has 0 bridgehead atoms. The van der Waals surface area contributed by atoms with Crippen LogP contribution in [0.25, 0.3) is 0 Å². The molecule has 7 heteroatoms. The number of piperazine rings is 1. The number of carbonyl (C=O) groups excluding carboxylic acids is 2. The van der Waals surface area contributed by atoms with Crippen molar-refractivity contribution < 1.29 is 9.59 Å². The molecule has 0 unspecified atom stereocenters. The molecule has 0 spiro atoms.